The Morgan fingerprint density at radius 1 is 0.556 bits per heavy atom. The number of halogens is 4. The van der Waals surface area contributed by atoms with Crippen molar-refractivity contribution >= 4 is 63.7 Å². The Morgan fingerprint density at radius 3 is 1.00 bits per heavy atom. The Balaban J connectivity index is 2.00. The maximum atomic E-state index is 3.89. The first-order chi connectivity index (χ1) is 8.40. The van der Waals surface area contributed by atoms with Crippen LogP contribution in [-0.4, -0.2) is 19.3 Å². The zero-order valence-electron chi connectivity index (χ0n) is 11.0. The van der Waals surface area contributed by atoms with Gasteiger partial charge in [0.05, 0.1) is 0 Å². The van der Waals surface area contributed by atoms with Crippen LogP contribution in [0.25, 0.3) is 0 Å². The van der Waals surface area contributed by atoms with E-state index in [2.05, 4.69) is 77.6 Å². The molecule has 0 amide bonds. The van der Waals surface area contributed by atoms with Gasteiger partial charge in [-0.25, -0.2) is 0 Å². The normalized spacial score (nSPS) is 54.3. The second-order valence-corrected chi connectivity index (χ2v) is 10.9. The van der Waals surface area contributed by atoms with Gasteiger partial charge < -0.3 is 0 Å². The van der Waals surface area contributed by atoms with Gasteiger partial charge in [0.2, 0.25) is 0 Å². The van der Waals surface area contributed by atoms with Crippen LogP contribution >= 0.6 is 63.7 Å². The van der Waals surface area contributed by atoms with Crippen LogP contribution in [0, 0.1) is 23.7 Å². The van der Waals surface area contributed by atoms with Crippen LogP contribution < -0.4 is 0 Å². The molecule has 0 N–H and O–H groups in total. The van der Waals surface area contributed by atoms with Crippen LogP contribution in [0.3, 0.4) is 0 Å². The second-order valence-electron chi connectivity index (χ2n) is 6.25. The summed E-state index contributed by atoms with van der Waals surface area (Å²) in [4.78, 5) is 2.73. The van der Waals surface area contributed by atoms with Crippen molar-refractivity contribution in [2.45, 2.75) is 58.8 Å². The van der Waals surface area contributed by atoms with Crippen molar-refractivity contribution in [1.29, 1.82) is 0 Å². The molecule has 18 heavy (non-hydrogen) atoms. The van der Waals surface area contributed by atoms with Gasteiger partial charge in [-0.1, -0.05) is 77.6 Å². The first-order valence-corrected chi connectivity index (χ1v) is 10.6. The number of rotatable bonds is 1. The third-order valence-corrected chi connectivity index (χ3v) is 9.89. The zero-order chi connectivity index (χ0) is 13.4. The molecule has 0 saturated heterocycles. The zero-order valence-corrected chi connectivity index (χ0v) is 17.3. The minimum absolute atomic E-state index is 0.683. The number of alkyl halides is 4. The maximum absolute atomic E-state index is 3.89. The highest BCUT2D eigenvalue weighted by Gasteiger charge is 2.40. The lowest BCUT2D eigenvalue weighted by Gasteiger charge is -2.44. The smallest absolute Gasteiger partial charge is 0.0184 e. The van der Waals surface area contributed by atoms with E-state index >= 15 is 0 Å². The first-order valence-electron chi connectivity index (χ1n) is 6.96. The predicted octanol–water partition coefficient (Wildman–Crippen LogP) is 6.13. The summed E-state index contributed by atoms with van der Waals surface area (Å²) in [5.41, 5.74) is 0. The van der Waals surface area contributed by atoms with Gasteiger partial charge >= 0.3 is 0 Å². The molecule has 2 saturated carbocycles. The third-order valence-electron chi connectivity index (χ3n) is 5.06. The van der Waals surface area contributed by atoms with Crippen LogP contribution in [0.5, 0.6) is 0 Å². The summed E-state index contributed by atoms with van der Waals surface area (Å²) in [5.74, 6) is 3.26. The summed E-state index contributed by atoms with van der Waals surface area (Å²) in [5, 5.41) is 0. The highest BCUT2D eigenvalue weighted by Crippen LogP contribution is 2.47. The molecule has 2 fully saturated rings. The van der Waals surface area contributed by atoms with Crippen LogP contribution in [0.15, 0.2) is 0 Å². The second kappa shape index (κ2) is 6.79. The molecule has 0 bridgehead atoms. The van der Waals surface area contributed by atoms with Crippen LogP contribution in [-0.2, 0) is 0 Å². The van der Waals surface area contributed by atoms with Gasteiger partial charge in [0.15, 0.2) is 0 Å². The molecule has 0 heterocycles. The van der Waals surface area contributed by atoms with E-state index in [4.69, 9.17) is 0 Å². The van der Waals surface area contributed by atoms with Crippen molar-refractivity contribution in [1.82, 2.24) is 0 Å². The molecule has 0 aromatic carbocycles. The topological polar surface area (TPSA) is 0 Å². The molecule has 0 aliphatic heterocycles. The molecule has 106 valence electrons. The van der Waals surface area contributed by atoms with E-state index in [0.29, 0.717) is 19.3 Å². The van der Waals surface area contributed by atoms with E-state index in [1.165, 1.54) is 25.7 Å². The minimum atomic E-state index is 0.683. The average Bonchev–Trinajstić information content (AvgIpc) is 2.31. The Hall–Kier alpha value is 1.92. The Bertz CT molecular complexity index is 231. The largest absolute Gasteiger partial charge is 0.0887 e. The summed E-state index contributed by atoms with van der Waals surface area (Å²) in [6.45, 7) is 4.72. The summed E-state index contributed by atoms with van der Waals surface area (Å²) >= 11 is 15.6. The monoisotopic (exact) mass is 506 g/mol. The van der Waals surface area contributed by atoms with Crippen molar-refractivity contribution < 1.29 is 0 Å². The van der Waals surface area contributed by atoms with Gasteiger partial charge in [-0.15, -0.1) is 0 Å². The van der Waals surface area contributed by atoms with Gasteiger partial charge in [0.1, 0.15) is 0 Å². The molecule has 0 aromatic rings. The van der Waals surface area contributed by atoms with Gasteiger partial charge in [0.25, 0.3) is 0 Å². The molecule has 4 atom stereocenters. The lowest BCUT2D eigenvalue weighted by atomic mass is 9.69. The quantitative estimate of drug-likeness (QED) is 0.373. The predicted molar refractivity (Wildman–Crippen MR) is 94.6 cm³/mol. The first kappa shape index (κ1) is 16.3. The number of hydrogen-bond donors (Lipinski definition) is 0. The van der Waals surface area contributed by atoms with Crippen LogP contribution in [0.1, 0.15) is 39.5 Å². The van der Waals surface area contributed by atoms with Crippen molar-refractivity contribution in [3.05, 3.63) is 0 Å². The van der Waals surface area contributed by atoms with E-state index in [9.17, 15) is 0 Å². The Kier molecular flexibility index (Phi) is 6.14. The fourth-order valence-electron chi connectivity index (χ4n) is 3.43. The fraction of sp³-hybridized carbons (Fsp3) is 1.00. The number of hydrogen-bond acceptors (Lipinski definition) is 0. The van der Waals surface area contributed by atoms with Gasteiger partial charge in [-0.05, 0) is 49.4 Å². The third kappa shape index (κ3) is 3.57. The lowest BCUT2D eigenvalue weighted by Crippen LogP contribution is -2.40. The van der Waals surface area contributed by atoms with Gasteiger partial charge in [-0.3, -0.25) is 0 Å². The summed E-state index contributed by atoms with van der Waals surface area (Å²) in [7, 11) is 0. The minimum Gasteiger partial charge on any atom is -0.0887 e. The molecule has 0 aromatic heterocycles. The van der Waals surface area contributed by atoms with Crippen molar-refractivity contribution in [3.8, 4) is 0 Å². The van der Waals surface area contributed by atoms with E-state index in [1.54, 1.807) is 0 Å². The highest BCUT2D eigenvalue weighted by atomic mass is 79.9. The molecule has 2 aliphatic carbocycles. The van der Waals surface area contributed by atoms with Gasteiger partial charge in [0, 0.05) is 19.3 Å². The molecule has 4 unspecified atom stereocenters. The van der Waals surface area contributed by atoms with E-state index < -0.39 is 0 Å². The summed E-state index contributed by atoms with van der Waals surface area (Å²) in [6.07, 6.45) is 5.40. The Morgan fingerprint density at radius 2 is 0.778 bits per heavy atom. The van der Waals surface area contributed by atoms with Crippen LogP contribution in [0.2, 0.25) is 0 Å². The standard InChI is InChI=1S/C14H22Br4/c1-7-11(15)3-9(4-12(7)16)10-5-13(17)8(2)14(18)6-10/h7-14H,3-6H2,1-2H3. The molecular formula is C14H22Br4. The van der Waals surface area contributed by atoms with Crippen molar-refractivity contribution in [3.63, 3.8) is 0 Å². The lowest BCUT2D eigenvalue weighted by molar-refractivity contribution is 0.175. The van der Waals surface area contributed by atoms with Gasteiger partial charge in [-0.2, -0.15) is 0 Å². The molecule has 2 aliphatic rings. The van der Waals surface area contributed by atoms with Crippen molar-refractivity contribution in [2.24, 2.45) is 23.7 Å². The SMILES string of the molecule is CC1C(Br)CC(C2CC(Br)C(C)C(Br)C2)CC1Br. The summed E-state index contributed by atoms with van der Waals surface area (Å²) < 4.78 is 0. The molecular weight excluding hydrogens is 488 g/mol. The molecule has 2 rings (SSSR count). The molecule has 4 heteroatoms. The summed E-state index contributed by atoms with van der Waals surface area (Å²) in [6, 6.07) is 0. The van der Waals surface area contributed by atoms with E-state index in [1.807, 2.05) is 0 Å². The molecule has 0 spiro atoms. The van der Waals surface area contributed by atoms with Crippen molar-refractivity contribution in [2.75, 3.05) is 0 Å². The maximum Gasteiger partial charge on any atom is 0.0184 e. The Labute approximate surface area is 145 Å². The van der Waals surface area contributed by atoms with E-state index in [0.717, 1.165) is 23.7 Å². The van der Waals surface area contributed by atoms with E-state index in [-0.39, 0.29) is 0 Å². The average molecular weight is 510 g/mol. The fourth-order valence-corrected chi connectivity index (χ4v) is 7.64. The highest BCUT2D eigenvalue weighted by molar-refractivity contribution is 9.10. The molecule has 0 nitrogen and oxygen atoms in total. The molecule has 0 radical (unpaired) electrons. The van der Waals surface area contributed by atoms with Crippen LogP contribution in [0.4, 0.5) is 0 Å².